The summed E-state index contributed by atoms with van der Waals surface area (Å²) in [7, 11) is 4.17. The number of likely N-dealkylation sites (N-methyl/N-ethyl adjacent to an activating group) is 1. The fourth-order valence-corrected chi connectivity index (χ4v) is 6.51. The van der Waals surface area contributed by atoms with Gasteiger partial charge in [-0.2, -0.15) is 0 Å². The highest BCUT2D eigenvalue weighted by atomic mass is 16.3. The molecule has 1 saturated carbocycles. The number of hydrogen-bond acceptors (Lipinski definition) is 4. The number of aliphatic hydroxyl groups excluding tert-OH is 1. The summed E-state index contributed by atoms with van der Waals surface area (Å²) < 4.78 is 2.62. The number of nitrogens with one attached hydrogen (secondary N) is 1. The lowest BCUT2D eigenvalue weighted by molar-refractivity contribution is 0.0640. The minimum absolute atomic E-state index is 0.309. The van der Waals surface area contributed by atoms with Crippen molar-refractivity contribution in [1.82, 2.24) is 19.7 Å². The van der Waals surface area contributed by atoms with Crippen molar-refractivity contribution in [3.05, 3.63) is 35.0 Å². The molecular formula is C27H42N4O. The van der Waals surface area contributed by atoms with Gasteiger partial charge < -0.3 is 19.9 Å². The maximum atomic E-state index is 10.7. The fourth-order valence-electron chi connectivity index (χ4n) is 6.51. The molecule has 2 N–H and O–H groups in total. The molecule has 5 rings (SSSR count). The molecule has 0 radical (unpaired) electrons. The Labute approximate surface area is 193 Å². The zero-order valence-electron chi connectivity index (χ0n) is 20.2. The van der Waals surface area contributed by atoms with Gasteiger partial charge in [-0.3, -0.25) is 4.90 Å². The van der Waals surface area contributed by atoms with E-state index < -0.39 is 0 Å². The molecule has 2 heterocycles. The monoisotopic (exact) mass is 438 g/mol. The lowest BCUT2D eigenvalue weighted by Gasteiger charge is -2.40. The highest BCUT2D eigenvalue weighted by Gasteiger charge is 2.35. The number of aliphatic hydroxyl groups is 1. The van der Waals surface area contributed by atoms with Gasteiger partial charge in [0.05, 0.1) is 12.1 Å². The number of β-amino-alcohol motifs (C(OH)–C–C–N with tert-alkyl or cyclic N) is 1. The van der Waals surface area contributed by atoms with Crippen molar-refractivity contribution >= 4 is 10.9 Å². The minimum atomic E-state index is -0.309. The molecule has 2 aromatic rings. The van der Waals surface area contributed by atoms with Crippen LogP contribution in [-0.2, 0) is 13.0 Å². The molecule has 3 aliphatic rings. The van der Waals surface area contributed by atoms with E-state index in [1.807, 2.05) is 0 Å². The molecule has 2 atom stereocenters. The summed E-state index contributed by atoms with van der Waals surface area (Å²) in [6.07, 6.45) is 10.3. The van der Waals surface area contributed by atoms with Crippen molar-refractivity contribution < 1.29 is 5.11 Å². The largest absolute Gasteiger partial charge is 0.390 e. The number of hydrogen-bond donors (Lipinski definition) is 2. The van der Waals surface area contributed by atoms with Crippen molar-refractivity contribution in [2.75, 3.05) is 46.8 Å². The van der Waals surface area contributed by atoms with Gasteiger partial charge in [0.1, 0.15) is 0 Å². The van der Waals surface area contributed by atoms with Crippen molar-refractivity contribution in [3.8, 4) is 0 Å². The van der Waals surface area contributed by atoms with Crippen molar-refractivity contribution in [2.24, 2.45) is 0 Å². The lowest BCUT2D eigenvalue weighted by Crippen LogP contribution is -2.46. The third-order valence-electron chi connectivity index (χ3n) is 8.15. The van der Waals surface area contributed by atoms with Crippen LogP contribution in [0.5, 0.6) is 0 Å². The quantitative estimate of drug-likeness (QED) is 0.614. The van der Waals surface area contributed by atoms with Gasteiger partial charge in [-0.15, -0.1) is 0 Å². The Kier molecular flexibility index (Phi) is 6.89. The molecule has 0 amide bonds. The van der Waals surface area contributed by atoms with E-state index in [0.717, 1.165) is 38.6 Å². The molecule has 176 valence electrons. The average molecular weight is 439 g/mol. The number of rotatable bonds is 8. The third kappa shape index (κ3) is 4.50. The molecule has 1 aromatic carbocycles. The van der Waals surface area contributed by atoms with Gasteiger partial charge in [-0.1, -0.05) is 25.3 Å². The number of aromatic nitrogens is 1. The van der Waals surface area contributed by atoms with E-state index in [2.05, 4.69) is 52.0 Å². The van der Waals surface area contributed by atoms with Crippen molar-refractivity contribution in [1.29, 1.82) is 0 Å². The van der Waals surface area contributed by atoms with Crippen LogP contribution in [0.25, 0.3) is 10.9 Å². The number of benzene rings is 1. The molecule has 1 fully saturated rings. The zero-order chi connectivity index (χ0) is 22.1. The van der Waals surface area contributed by atoms with E-state index in [4.69, 9.17) is 0 Å². The van der Waals surface area contributed by atoms with Gasteiger partial charge in [0.15, 0.2) is 0 Å². The molecule has 0 saturated heterocycles. The Hall–Kier alpha value is -1.40. The molecule has 2 aliphatic carbocycles. The van der Waals surface area contributed by atoms with Crippen molar-refractivity contribution in [3.63, 3.8) is 0 Å². The summed E-state index contributed by atoms with van der Waals surface area (Å²) in [5.74, 6) is 0.767. The SMILES string of the molecule is CN(C)CCNC[C@@H](O)CN1CCn2c3c(c4cc(C5CCCCC5)ccc42)CCC[C@H]31. The number of nitrogens with zero attached hydrogens (tertiary/aromatic N) is 3. The summed E-state index contributed by atoms with van der Waals surface area (Å²) in [4.78, 5) is 4.74. The van der Waals surface area contributed by atoms with E-state index in [0.29, 0.717) is 12.6 Å². The summed E-state index contributed by atoms with van der Waals surface area (Å²) >= 11 is 0. The van der Waals surface area contributed by atoms with E-state index >= 15 is 0 Å². The van der Waals surface area contributed by atoms with Crippen LogP contribution in [-0.4, -0.2) is 72.4 Å². The summed E-state index contributed by atoms with van der Waals surface area (Å²) in [5.41, 5.74) is 6.20. The molecule has 1 aromatic heterocycles. The second-order valence-corrected chi connectivity index (χ2v) is 10.7. The molecule has 5 nitrogen and oxygen atoms in total. The Morgan fingerprint density at radius 2 is 1.94 bits per heavy atom. The van der Waals surface area contributed by atoms with E-state index in [-0.39, 0.29) is 6.10 Å². The van der Waals surface area contributed by atoms with Crippen LogP contribution < -0.4 is 5.32 Å². The van der Waals surface area contributed by atoms with E-state index in [1.165, 1.54) is 62.3 Å². The van der Waals surface area contributed by atoms with Crippen LogP contribution in [0.4, 0.5) is 0 Å². The normalized spacial score (nSPS) is 23.1. The average Bonchev–Trinajstić information content (AvgIpc) is 3.13. The van der Waals surface area contributed by atoms with Gasteiger partial charge in [-0.25, -0.2) is 0 Å². The van der Waals surface area contributed by atoms with E-state index in [9.17, 15) is 5.11 Å². The Morgan fingerprint density at radius 3 is 2.75 bits per heavy atom. The Bertz CT molecular complexity index is 914. The maximum absolute atomic E-state index is 10.7. The van der Waals surface area contributed by atoms with Crippen LogP contribution in [0.15, 0.2) is 18.2 Å². The molecule has 1 aliphatic heterocycles. The molecule has 0 spiro atoms. The van der Waals surface area contributed by atoms with Gasteiger partial charge in [0.25, 0.3) is 0 Å². The molecular weight excluding hydrogens is 396 g/mol. The van der Waals surface area contributed by atoms with E-state index in [1.54, 1.807) is 16.8 Å². The zero-order valence-corrected chi connectivity index (χ0v) is 20.2. The first-order chi connectivity index (χ1) is 15.6. The highest BCUT2D eigenvalue weighted by Crippen LogP contribution is 2.44. The summed E-state index contributed by atoms with van der Waals surface area (Å²) in [6, 6.07) is 7.88. The first-order valence-electron chi connectivity index (χ1n) is 13.0. The highest BCUT2D eigenvalue weighted by molar-refractivity contribution is 5.87. The van der Waals surface area contributed by atoms with Crippen LogP contribution in [0.2, 0.25) is 0 Å². The smallest absolute Gasteiger partial charge is 0.0791 e. The second-order valence-electron chi connectivity index (χ2n) is 10.7. The molecule has 0 unspecified atom stereocenters. The standard InChI is InChI=1S/C27H42N4O/c1-29(2)14-13-28-18-22(32)19-30-15-16-31-25-12-11-21(20-7-4-3-5-8-20)17-24(25)23-9-6-10-26(30)27(23)31/h11-12,17,20,22,26,28,32H,3-10,13-16,18-19H2,1-2H3/t22-,26-/m1/s1. The fraction of sp³-hybridized carbons (Fsp3) is 0.704. The first kappa shape index (κ1) is 22.4. The Morgan fingerprint density at radius 1 is 1.09 bits per heavy atom. The second kappa shape index (κ2) is 9.84. The number of aryl methyl sites for hydroxylation is 1. The molecule has 0 bridgehead atoms. The Balaban J connectivity index is 1.34. The topological polar surface area (TPSA) is 43.7 Å². The van der Waals surface area contributed by atoms with Crippen LogP contribution in [0.1, 0.15) is 73.7 Å². The van der Waals surface area contributed by atoms with Gasteiger partial charge >= 0.3 is 0 Å². The molecule has 5 heteroatoms. The first-order valence-corrected chi connectivity index (χ1v) is 13.0. The van der Waals surface area contributed by atoms with Gasteiger partial charge in [0.2, 0.25) is 0 Å². The van der Waals surface area contributed by atoms with Crippen LogP contribution in [0.3, 0.4) is 0 Å². The predicted octanol–water partition coefficient (Wildman–Crippen LogP) is 3.89. The summed E-state index contributed by atoms with van der Waals surface area (Å²) in [5, 5.41) is 15.7. The third-order valence-corrected chi connectivity index (χ3v) is 8.15. The maximum Gasteiger partial charge on any atom is 0.0791 e. The van der Waals surface area contributed by atoms with Gasteiger partial charge in [-0.05, 0) is 75.4 Å². The summed E-state index contributed by atoms with van der Waals surface area (Å²) in [6.45, 7) is 5.47. The van der Waals surface area contributed by atoms with Gasteiger partial charge in [0, 0.05) is 55.9 Å². The predicted molar refractivity (Wildman–Crippen MR) is 132 cm³/mol. The minimum Gasteiger partial charge on any atom is -0.390 e. The lowest BCUT2D eigenvalue weighted by atomic mass is 9.83. The van der Waals surface area contributed by atoms with Crippen LogP contribution >= 0.6 is 0 Å². The van der Waals surface area contributed by atoms with Crippen LogP contribution in [0, 0.1) is 0 Å². The number of fused-ring (bicyclic) bond motifs is 3. The van der Waals surface area contributed by atoms with Crippen molar-refractivity contribution in [2.45, 2.75) is 76.0 Å². The molecule has 32 heavy (non-hydrogen) atoms.